The highest BCUT2D eigenvalue weighted by Gasteiger charge is 2.20. The second-order valence-electron chi connectivity index (χ2n) is 4.98. The van der Waals surface area contributed by atoms with E-state index < -0.39 is 0 Å². The summed E-state index contributed by atoms with van der Waals surface area (Å²) in [6, 6.07) is 7.32. The molecule has 1 saturated heterocycles. The molecule has 1 aliphatic rings. The van der Waals surface area contributed by atoms with Crippen LogP contribution in [0.3, 0.4) is 0 Å². The van der Waals surface area contributed by atoms with Gasteiger partial charge < -0.3 is 19.7 Å². The molecule has 0 aromatic heterocycles. The SMILES string of the molecule is COCCN1CCN(C(=O)Nc2cccc(OC)c2)CC1. The van der Waals surface area contributed by atoms with Gasteiger partial charge in [-0.1, -0.05) is 6.07 Å². The summed E-state index contributed by atoms with van der Waals surface area (Å²) in [5.41, 5.74) is 0.751. The summed E-state index contributed by atoms with van der Waals surface area (Å²) in [7, 11) is 3.32. The normalized spacial score (nSPS) is 15.8. The lowest BCUT2D eigenvalue weighted by molar-refractivity contribution is 0.109. The first kappa shape index (κ1) is 15.6. The van der Waals surface area contributed by atoms with Gasteiger partial charge in [0, 0.05) is 51.6 Å². The van der Waals surface area contributed by atoms with E-state index in [0.717, 1.165) is 50.8 Å². The third-order valence-electron chi connectivity index (χ3n) is 3.59. The molecule has 2 amide bonds. The summed E-state index contributed by atoms with van der Waals surface area (Å²) < 4.78 is 10.2. The van der Waals surface area contributed by atoms with Crippen molar-refractivity contribution >= 4 is 11.7 Å². The molecule has 1 N–H and O–H groups in total. The predicted octanol–water partition coefficient (Wildman–Crippen LogP) is 1.49. The van der Waals surface area contributed by atoms with Crippen LogP contribution < -0.4 is 10.1 Å². The number of nitrogens with one attached hydrogen (secondary N) is 1. The Labute approximate surface area is 125 Å². The third-order valence-corrected chi connectivity index (χ3v) is 3.59. The Kier molecular flexibility index (Phi) is 5.83. The number of amides is 2. The minimum Gasteiger partial charge on any atom is -0.497 e. The van der Waals surface area contributed by atoms with Crippen LogP contribution in [0.15, 0.2) is 24.3 Å². The highest BCUT2D eigenvalue weighted by atomic mass is 16.5. The molecule has 21 heavy (non-hydrogen) atoms. The molecule has 1 aliphatic heterocycles. The van der Waals surface area contributed by atoms with E-state index in [9.17, 15) is 4.79 Å². The molecule has 0 aliphatic carbocycles. The van der Waals surface area contributed by atoms with Crippen LogP contribution in [0.4, 0.5) is 10.5 Å². The molecular formula is C15H23N3O3. The fraction of sp³-hybridized carbons (Fsp3) is 0.533. The van der Waals surface area contributed by atoms with Crippen LogP contribution in [0.5, 0.6) is 5.75 Å². The van der Waals surface area contributed by atoms with Gasteiger partial charge in [0.25, 0.3) is 0 Å². The van der Waals surface area contributed by atoms with Gasteiger partial charge in [-0.15, -0.1) is 0 Å². The molecular weight excluding hydrogens is 270 g/mol. The quantitative estimate of drug-likeness (QED) is 0.893. The Balaban J connectivity index is 1.81. The zero-order valence-electron chi connectivity index (χ0n) is 12.7. The van der Waals surface area contributed by atoms with E-state index in [1.165, 1.54) is 0 Å². The van der Waals surface area contributed by atoms with Gasteiger partial charge in [0.2, 0.25) is 0 Å². The summed E-state index contributed by atoms with van der Waals surface area (Å²) >= 11 is 0. The van der Waals surface area contributed by atoms with Gasteiger partial charge in [-0.2, -0.15) is 0 Å². The van der Waals surface area contributed by atoms with Crippen LogP contribution in [0.1, 0.15) is 0 Å². The van der Waals surface area contributed by atoms with E-state index in [0.29, 0.717) is 0 Å². The zero-order valence-corrected chi connectivity index (χ0v) is 12.7. The number of hydrogen-bond acceptors (Lipinski definition) is 4. The van der Waals surface area contributed by atoms with E-state index in [-0.39, 0.29) is 6.03 Å². The number of piperazine rings is 1. The van der Waals surface area contributed by atoms with E-state index in [4.69, 9.17) is 9.47 Å². The molecule has 6 nitrogen and oxygen atoms in total. The first-order valence-electron chi connectivity index (χ1n) is 7.14. The Morgan fingerprint density at radius 2 is 2.00 bits per heavy atom. The number of methoxy groups -OCH3 is 2. The lowest BCUT2D eigenvalue weighted by Gasteiger charge is -2.34. The second-order valence-corrected chi connectivity index (χ2v) is 4.98. The van der Waals surface area contributed by atoms with Crippen molar-refractivity contribution in [3.8, 4) is 5.75 Å². The van der Waals surface area contributed by atoms with Crippen LogP contribution in [-0.2, 0) is 4.74 Å². The molecule has 0 bridgehead atoms. The minimum absolute atomic E-state index is 0.0605. The van der Waals surface area contributed by atoms with Crippen molar-refractivity contribution < 1.29 is 14.3 Å². The zero-order chi connectivity index (χ0) is 15.1. The number of benzene rings is 1. The maximum absolute atomic E-state index is 12.2. The number of ether oxygens (including phenoxy) is 2. The molecule has 0 unspecified atom stereocenters. The van der Waals surface area contributed by atoms with Gasteiger partial charge in [0.15, 0.2) is 0 Å². The fourth-order valence-electron chi connectivity index (χ4n) is 2.30. The highest BCUT2D eigenvalue weighted by molar-refractivity contribution is 5.89. The summed E-state index contributed by atoms with van der Waals surface area (Å²) in [6.45, 7) is 4.89. The van der Waals surface area contributed by atoms with Crippen LogP contribution in [-0.4, -0.2) is 69.4 Å². The molecule has 0 radical (unpaired) electrons. The standard InChI is InChI=1S/C15H23N3O3/c1-20-11-10-17-6-8-18(9-7-17)15(19)16-13-4-3-5-14(12-13)21-2/h3-5,12H,6-11H2,1-2H3,(H,16,19). The number of carbonyl (C=O) groups is 1. The number of anilines is 1. The van der Waals surface area contributed by atoms with Crippen molar-refractivity contribution in [2.45, 2.75) is 0 Å². The van der Waals surface area contributed by atoms with Crippen molar-refractivity contribution in [3.05, 3.63) is 24.3 Å². The molecule has 1 aromatic rings. The molecule has 0 atom stereocenters. The van der Waals surface area contributed by atoms with Crippen molar-refractivity contribution in [1.82, 2.24) is 9.80 Å². The van der Waals surface area contributed by atoms with E-state index in [1.54, 1.807) is 14.2 Å². The predicted molar refractivity (Wildman–Crippen MR) is 81.9 cm³/mol. The topological polar surface area (TPSA) is 54.0 Å². The molecule has 1 heterocycles. The fourth-order valence-corrected chi connectivity index (χ4v) is 2.30. The van der Waals surface area contributed by atoms with Crippen LogP contribution in [0.25, 0.3) is 0 Å². The lowest BCUT2D eigenvalue weighted by atomic mass is 10.3. The van der Waals surface area contributed by atoms with Gasteiger partial charge in [0.1, 0.15) is 5.75 Å². The van der Waals surface area contributed by atoms with E-state index in [2.05, 4.69) is 10.2 Å². The number of carbonyl (C=O) groups excluding carboxylic acids is 1. The Hall–Kier alpha value is -1.79. The van der Waals surface area contributed by atoms with Gasteiger partial charge in [0.05, 0.1) is 13.7 Å². The average molecular weight is 293 g/mol. The Morgan fingerprint density at radius 1 is 1.24 bits per heavy atom. The monoisotopic (exact) mass is 293 g/mol. The highest BCUT2D eigenvalue weighted by Crippen LogP contribution is 2.17. The van der Waals surface area contributed by atoms with Gasteiger partial charge in [-0.25, -0.2) is 4.79 Å². The Morgan fingerprint density at radius 3 is 2.67 bits per heavy atom. The smallest absolute Gasteiger partial charge is 0.321 e. The molecule has 1 aromatic carbocycles. The summed E-state index contributed by atoms with van der Waals surface area (Å²) in [4.78, 5) is 16.4. The van der Waals surface area contributed by atoms with Gasteiger partial charge >= 0.3 is 6.03 Å². The molecule has 2 rings (SSSR count). The lowest BCUT2D eigenvalue weighted by Crippen LogP contribution is -2.50. The summed E-state index contributed by atoms with van der Waals surface area (Å²) in [5, 5.41) is 2.91. The van der Waals surface area contributed by atoms with Crippen LogP contribution >= 0.6 is 0 Å². The van der Waals surface area contributed by atoms with Gasteiger partial charge in [-0.05, 0) is 12.1 Å². The third kappa shape index (κ3) is 4.61. The molecule has 1 fully saturated rings. The van der Waals surface area contributed by atoms with Crippen molar-refractivity contribution in [2.75, 3.05) is 58.9 Å². The molecule has 116 valence electrons. The first-order valence-corrected chi connectivity index (χ1v) is 7.14. The van der Waals surface area contributed by atoms with Crippen molar-refractivity contribution in [2.24, 2.45) is 0 Å². The minimum atomic E-state index is -0.0605. The number of urea groups is 1. The number of hydrogen-bond donors (Lipinski definition) is 1. The Bertz CT molecular complexity index is 459. The maximum Gasteiger partial charge on any atom is 0.321 e. The number of rotatable bonds is 5. The molecule has 0 saturated carbocycles. The first-order chi connectivity index (χ1) is 10.2. The van der Waals surface area contributed by atoms with Crippen LogP contribution in [0.2, 0.25) is 0 Å². The van der Waals surface area contributed by atoms with E-state index in [1.807, 2.05) is 29.2 Å². The maximum atomic E-state index is 12.2. The molecule has 0 spiro atoms. The summed E-state index contributed by atoms with van der Waals surface area (Å²) in [5.74, 6) is 0.734. The summed E-state index contributed by atoms with van der Waals surface area (Å²) in [6.07, 6.45) is 0. The van der Waals surface area contributed by atoms with Crippen molar-refractivity contribution in [3.63, 3.8) is 0 Å². The largest absolute Gasteiger partial charge is 0.497 e. The second kappa shape index (κ2) is 7.85. The number of nitrogens with zero attached hydrogens (tertiary/aromatic N) is 2. The average Bonchev–Trinajstić information content (AvgIpc) is 2.53. The van der Waals surface area contributed by atoms with E-state index >= 15 is 0 Å². The van der Waals surface area contributed by atoms with Crippen molar-refractivity contribution in [1.29, 1.82) is 0 Å². The van der Waals surface area contributed by atoms with Gasteiger partial charge in [-0.3, -0.25) is 4.90 Å². The molecule has 6 heteroatoms. The van der Waals surface area contributed by atoms with Crippen LogP contribution in [0, 0.1) is 0 Å².